The van der Waals surface area contributed by atoms with E-state index < -0.39 is 10.0 Å². The van der Waals surface area contributed by atoms with E-state index in [2.05, 4.69) is 4.72 Å². The fourth-order valence-electron chi connectivity index (χ4n) is 2.90. The van der Waals surface area contributed by atoms with Gasteiger partial charge in [-0.3, -0.25) is 0 Å². The summed E-state index contributed by atoms with van der Waals surface area (Å²) < 4.78 is 27.4. The third-order valence-electron chi connectivity index (χ3n) is 4.62. The molecule has 0 saturated heterocycles. The molecule has 6 heteroatoms. The fourth-order valence-corrected chi connectivity index (χ4v) is 4.59. The molecule has 0 bridgehead atoms. The maximum Gasteiger partial charge on any atom is 0.240 e. The van der Waals surface area contributed by atoms with Gasteiger partial charge in [0.2, 0.25) is 10.0 Å². The number of rotatable bonds is 7. The summed E-state index contributed by atoms with van der Waals surface area (Å²) in [7, 11) is -3.50. The number of benzene rings is 3. The predicted molar refractivity (Wildman–Crippen MR) is 116 cm³/mol. The van der Waals surface area contributed by atoms with Crippen LogP contribution in [0.1, 0.15) is 29.5 Å². The van der Waals surface area contributed by atoms with E-state index in [1.54, 1.807) is 30.3 Å². The summed E-state index contributed by atoms with van der Waals surface area (Å²) in [6, 6.07) is 22.0. The van der Waals surface area contributed by atoms with Gasteiger partial charge < -0.3 is 0 Å². The van der Waals surface area contributed by atoms with Gasteiger partial charge in [0.1, 0.15) is 0 Å². The van der Waals surface area contributed by atoms with Crippen molar-refractivity contribution in [2.45, 2.75) is 24.2 Å². The van der Waals surface area contributed by atoms with Gasteiger partial charge in [-0.15, -0.1) is 0 Å². The van der Waals surface area contributed by atoms with Gasteiger partial charge in [-0.05, 0) is 46.9 Å². The second-order valence-electron chi connectivity index (χ2n) is 6.68. The molecule has 0 aromatic heterocycles. The first-order valence-electron chi connectivity index (χ1n) is 8.93. The summed E-state index contributed by atoms with van der Waals surface area (Å²) in [5, 5.41) is 1.31. The molecule has 0 aliphatic rings. The molecule has 1 unspecified atom stereocenters. The van der Waals surface area contributed by atoms with Crippen LogP contribution in [0.25, 0.3) is 0 Å². The van der Waals surface area contributed by atoms with Crippen LogP contribution in [0.5, 0.6) is 0 Å². The lowest BCUT2D eigenvalue weighted by molar-refractivity contribution is 0.575. The Bertz CT molecular complexity index is 1020. The number of hydrogen-bond acceptors (Lipinski definition) is 2. The zero-order valence-corrected chi connectivity index (χ0v) is 17.7. The average Bonchev–Trinajstić information content (AvgIpc) is 2.70. The molecule has 0 aliphatic carbocycles. The maximum atomic E-state index is 12.4. The Morgan fingerprint density at radius 2 is 1.46 bits per heavy atom. The molecule has 146 valence electrons. The van der Waals surface area contributed by atoms with Crippen molar-refractivity contribution >= 4 is 33.2 Å². The first-order chi connectivity index (χ1) is 13.4. The highest BCUT2D eigenvalue weighted by molar-refractivity contribution is 7.89. The van der Waals surface area contributed by atoms with E-state index in [-0.39, 0.29) is 10.8 Å². The third-order valence-corrected chi connectivity index (χ3v) is 6.77. The lowest BCUT2D eigenvalue weighted by Gasteiger charge is -2.14. The van der Waals surface area contributed by atoms with Crippen LogP contribution in [0, 0.1) is 0 Å². The van der Waals surface area contributed by atoms with Crippen molar-refractivity contribution in [3.63, 3.8) is 0 Å². The van der Waals surface area contributed by atoms with E-state index >= 15 is 0 Å². The molecule has 0 amide bonds. The average molecular weight is 434 g/mol. The monoisotopic (exact) mass is 433 g/mol. The minimum Gasteiger partial charge on any atom is -0.211 e. The number of halogens is 2. The Balaban J connectivity index is 1.65. The van der Waals surface area contributed by atoms with E-state index in [9.17, 15) is 8.42 Å². The molecule has 0 radical (unpaired) electrons. The van der Waals surface area contributed by atoms with Crippen LogP contribution in [0.2, 0.25) is 10.0 Å². The van der Waals surface area contributed by atoms with Crippen LogP contribution in [0.15, 0.2) is 77.7 Å². The van der Waals surface area contributed by atoms with Gasteiger partial charge in [0, 0.05) is 23.0 Å². The van der Waals surface area contributed by atoms with Crippen molar-refractivity contribution in [1.29, 1.82) is 0 Å². The Morgan fingerprint density at radius 1 is 0.857 bits per heavy atom. The SMILES string of the molecule is CC(CNS(=O)(=O)c1ccccc1)c1ccc(Cc2c(Cl)cccc2Cl)cc1. The van der Waals surface area contributed by atoms with Crippen molar-refractivity contribution < 1.29 is 8.42 Å². The third kappa shape index (κ3) is 5.15. The van der Waals surface area contributed by atoms with E-state index in [1.165, 1.54) is 0 Å². The minimum absolute atomic E-state index is 0.0384. The van der Waals surface area contributed by atoms with E-state index in [4.69, 9.17) is 23.2 Å². The normalized spacial score (nSPS) is 12.7. The van der Waals surface area contributed by atoms with Gasteiger partial charge in [0.25, 0.3) is 0 Å². The van der Waals surface area contributed by atoms with Crippen LogP contribution in [0.3, 0.4) is 0 Å². The second kappa shape index (κ2) is 9.10. The fraction of sp³-hybridized carbons (Fsp3) is 0.182. The molecule has 1 atom stereocenters. The molecule has 1 N–H and O–H groups in total. The van der Waals surface area contributed by atoms with E-state index in [0.717, 1.165) is 16.7 Å². The minimum atomic E-state index is -3.50. The zero-order valence-electron chi connectivity index (χ0n) is 15.4. The van der Waals surface area contributed by atoms with Crippen LogP contribution in [-0.4, -0.2) is 15.0 Å². The van der Waals surface area contributed by atoms with Crippen molar-refractivity contribution in [3.8, 4) is 0 Å². The number of sulfonamides is 1. The second-order valence-corrected chi connectivity index (χ2v) is 9.27. The molecule has 0 spiro atoms. The summed E-state index contributed by atoms with van der Waals surface area (Å²) in [6.45, 7) is 2.32. The molecule has 0 aliphatic heterocycles. The maximum absolute atomic E-state index is 12.4. The van der Waals surface area contributed by atoms with Crippen molar-refractivity contribution in [1.82, 2.24) is 4.72 Å². The Morgan fingerprint density at radius 3 is 2.07 bits per heavy atom. The van der Waals surface area contributed by atoms with Crippen LogP contribution in [0.4, 0.5) is 0 Å². The van der Waals surface area contributed by atoms with Crippen LogP contribution >= 0.6 is 23.2 Å². The van der Waals surface area contributed by atoms with E-state index in [0.29, 0.717) is 23.0 Å². The van der Waals surface area contributed by atoms with Gasteiger partial charge >= 0.3 is 0 Å². The van der Waals surface area contributed by atoms with Gasteiger partial charge in [-0.25, -0.2) is 13.1 Å². The van der Waals surface area contributed by atoms with Crippen LogP contribution in [-0.2, 0) is 16.4 Å². The van der Waals surface area contributed by atoms with Crippen LogP contribution < -0.4 is 4.72 Å². The zero-order chi connectivity index (χ0) is 20.1. The van der Waals surface area contributed by atoms with Gasteiger partial charge in [0.05, 0.1) is 4.90 Å². The van der Waals surface area contributed by atoms with E-state index in [1.807, 2.05) is 49.4 Å². The van der Waals surface area contributed by atoms with Gasteiger partial charge in [-0.2, -0.15) is 0 Å². The molecule has 3 aromatic carbocycles. The molecule has 3 aromatic rings. The molecular weight excluding hydrogens is 413 g/mol. The molecular formula is C22H21Cl2NO2S. The largest absolute Gasteiger partial charge is 0.240 e. The summed E-state index contributed by atoms with van der Waals surface area (Å²) >= 11 is 12.5. The highest BCUT2D eigenvalue weighted by Gasteiger charge is 2.15. The summed E-state index contributed by atoms with van der Waals surface area (Å²) in [4.78, 5) is 0.272. The molecule has 3 rings (SSSR count). The topological polar surface area (TPSA) is 46.2 Å². The Kier molecular flexibility index (Phi) is 6.78. The molecule has 0 heterocycles. The lowest BCUT2D eigenvalue weighted by Crippen LogP contribution is -2.27. The quantitative estimate of drug-likeness (QED) is 0.521. The summed E-state index contributed by atoms with van der Waals surface area (Å²) in [6.07, 6.45) is 0.647. The van der Waals surface area contributed by atoms with Crippen molar-refractivity contribution in [3.05, 3.63) is 99.5 Å². The first-order valence-corrected chi connectivity index (χ1v) is 11.2. The molecule has 0 saturated carbocycles. The molecule has 0 fully saturated rings. The molecule has 3 nitrogen and oxygen atoms in total. The predicted octanol–water partition coefficient (Wildman–Crippen LogP) is 5.67. The highest BCUT2D eigenvalue weighted by Crippen LogP contribution is 2.27. The van der Waals surface area contributed by atoms with Crippen molar-refractivity contribution in [2.24, 2.45) is 0 Å². The summed E-state index contributed by atoms with van der Waals surface area (Å²) in [5.41, 5.74) is 3.06. The lowest BCUT2D eigenvalue weighted by atomic mass is 9.98. The van der Waals surface area contributed by atoms with Crippen molar-refractivity contribution in [2.75, 3.05) is 6.54 Å². The standard InChI is InChI=1S/C22H21Cl2NO2S/c1-16(15-25-28(26,27)19-6-3-2-4-7-19)18-12-10-17(11-13-18)14-20-21(23)8-5-9-22(20)24/h2-13,16,25H,14-15H2,1H3. The highest BCUT2D eigenvalue weighted by atomic mass is 35.5. The first kappa shape index (κ1) is 20.9. The smallest absolute Gasteiger partial charge is 0.211 e. The number of hydrogen-bond donors (Lipinski definition) is 1. The Hall–Kier alpha value is -1.85. The van der Waals surface area contributed by atoms with Gasteiger partial charge in [0.15, 0.2) is 0 Å². The van der Waals surface area contributed by atoms with Gasteiger partial charge in [-0.1, -0.05) is 78.7 Å². The molecule has 28 heavy (non-hydrogen) atoms. The summed E-state index contributed by atoms with van der Waals surface area (Å²) in [5.74, 6) is 0.0384. The Labute approximate surface area is 176 Å². The number of nitrogens with one attached hydrogen (secondary N) is 1.